The first-order valence-electron chi connectivity index (χ1n) is 12.5. The van der Waals surface area contributed by atoms with Gasteiger partial charge in [-0.1, -0.05) is 74.3 Å². The second-order valence-electron chi connectivity index (χ2n) is 10.8. The average molecular weight is 551 g/mol. The van der Waals surface area contributed by atoms with Crippen molar-refractivity contribution in [2.45, 2.75) is 70.7 Å². The Bertz CT molecular complexity index is 1190. The lowest BCUT2D eigenvalue weighted by molar-refractivity contribution is -0.155. The van der Waals surface area contributed by atoms with Crippen molar-refractivity contribution in [3.8, 4) is 0 Å². The molecule has 2 aromatic rings. The van der Waals surface area contributed by atoms with Crippen LogP contribution < -0.4 is 0 Å². The van der Waals surface area contributed by atoms with E-state index in [1.807, 2.05) is 74.2 Å². The number of allylic oxidation sites excluding steroid dienone is 1. The van der Waals surface area contributed by atoms with E-state index in [2.05, 4.69) is 6.58 Å². The van der Waals surface area contributed by atoms with Crippen molar-refractivity contribution in [3.63, 3.8) is 0 Å². The molecule has 7 heteroatoms. The number of carbonyl (C=O) groups excluding carboxylic acids is 1. The molecule has 0 saturated carbocycles. The molecule has 1 saturated heterocycles. The van der Waals surface area contributed by atoms with Crippen molar-refractivity contribution in [1.29, 1.82) is 0 Å². The molecular formula is C29H37Cl2NO3S. The highest BCUT2D eigenvalue weighted by Gasteiger charge is 2.52. The Hall–Kier alpha value is -1.82. The van der Waals surface area contributed by atoms with E-state index in [4.69, 9.17) is 23.2 Å². The predicted octanol–water partition coefficient (Wildman–Crippen LogP) is 7.48. The molecule has 1 fully saturated rings. The minimum absolute atomic E-state index is 0.0433. The number of amides is 1. The van der Waals surface area contributed by atoms with Crippen LogP contribution in [-0.4, -0.2) is 36.3 Å². The number of benzene rings is 2. The lowest BCUT2D eigenvalue weighted by atomic mass is 9.67. The molecule has 1 aliphatic rings. The molecule has 2 aromatic carbocycles. The third kappa shape index (κ3) is 6.00. The van der Waals surface area contributed by atoms with E-state index in [0.717, 1.165) is 11.1 Å². The van der Waals surface area contributed by atoms with E-state index in [1.54, 1.807) is 19.9 Å². The first kappa shape index (κ1) is 28.7. The fourth-order valence-corrected chi connectivity index (χ4v) is 7.01. The van der Waals surface area contributed by atoms with Gasteiger partial charge in [-0.2, -0.15) is 0 Å². The van der Waals surface area contributed by atoms with Crippen LogP contribution in [0, 0.1) is 11.3 Å². The fourth-order valence-electron chi connectivity index (χ4n) is 5.28. The van der Waals surface area contributed by atoms with Crippen LogP contribution in [0.25, 0.3) is 0 Å². The topological polar surface area (TPSA) is 54.5 Å². The van der Waals surface area contributed by atoms with Crippen molar-refractivity contribution in [1.82, 2.24) is 4.90 Å². The second kappa shape index (κ2) is 11.3. The number of nitrogens with zero attached hydrogens (tertiary/aromatic N) is 1. The molecule has 0 aromatic heterocycles. The van der Waals surface area contributed by atoms with Gasteiger partial charge in [0.05, 0.1) is 22.5 Å². The minimum atomic E-state index is -3.42. The number of likely N-dealkylation sites (tertiary alicyclic amines) is 1. The summed E-state index contributed by atoms with van der Waals surface area (Å²) in [7, 11) is -3.42. The predicted molar refractivity (Wildman–Crippen MR) is 150 cm³/mol. The van der Waals surface area contributed by atoms with Crippen molar-refractivity contribution >= 4 is 38.9 Å². The summed E-state index contributed by atoms with van der Waals surface area (Å²) in [5.74, 6) is -0.317. The standard InChI is InChI=1S/C29H37Cl2NO3S/c1-7-15-29(6)17-25(22-9-8-10-24(31)16-22)27(21-11-13-23(30)14-12-21)32(28(29)33)26(19(2)3)18-36(34,35)20(4)5/h7-14,16,19-20,25-27H,1,15,17-18H2,2-6H3. The maximum Gasteiger partial charge on any atom is 0.229 e. The zero-order valence-corrected chi connectivity index (χ0v) is 24.1. The summed E-state index contributed by atoms with van der Waals surface area (Å²) in [4.78, 5) is 16.2. The summed E-state index contributed by atoms with van der Waals surface area (Å²) in [5.41, 5.74) is 1.21. The number of piperidine rings is 1. The highest BCUT2D eigenvalue weighted by molar-refractivity contribution is 7.92. The first-order valence-corrected chi connectivity index (χ1v) is 14.9. The van der Waals surface area contributed by atoms with Gasteiger partial charge < -0.3 is 4.90 Å². The monoisotopic (exact) mass is 549 g/mol. The zero-order chi connectivity index (χ0) is 26.8. The van der Waals surface area contributed by atoms with Gasteiger partial charge in [0.15, 0.2) is 9.84 Å². The molecule has 0 radical (unpaired) electrons. The molecule has 1 amide bonds. The Balaban J connectivity index is 2.29. The van der Waals surface area contributed by atoms with Gasteiger partial charge in [0.25, 0.3) is 0 Å². The van der Waals surface area contributed by atoms with Gasteiger partial charge in [0.2, 0.25) is 5.91 Å². The van der Waals surface area contributed by atoms with Gasteiger partial charge in [0.1, 0.15) is 0 Å². The van der Waals surface area contributed by atoms with E-state index in [1.165, 1.54) is 0 Å². The van der Waals surface area contributed by atoms with Gasteiger partial charge in [0, 0.05) is 22.0 Å². The second-order valence-corrected chi connectivity index (χ2v) is 14.3. The molecule has 3 rings (SSSR count). The third-order valence-corrected chi connectivity index (χ3v) is 10.2. The van der Waals surface area contributed by atoms with Crippen molar-refractivity contribution in [3.05, 3.63) is 82.4 Å². The number of sulfone groups is 1. The Morgan fingerprint density at radius 1 is 1.06 bits per heavy atom. The Labute approximate surface area is 226 Å². The molecule has 0 bridgehead atoms. The van der Waals surface area contributed by atoms with E-state index < -0.39 is 26.5 Å². The lowest BCUT2D eigenvalue weighted by Crippen LogP contribution is -2.58. The minimum Gasteiger partial charge on any atom is -0.330 e. The fraction of sp³-hybridized carbons (Fsp3) is 0.483. The molecule has 0 spiro atoms. The molecule has 4 atom stereocenters. The van der Waals surface area contributed by atoms with Crippen LogP contribution in [-0.2, 0) is 14.6 Å². The molecule has 4 unspecified atom stereocenters. The number of halogens is 2. The first-order chi connectivity index (χ1) is 16.8. The van der Waals surface area contributed by atoms with Crippen molar-refractivity contribution in [2.75, 3.05) is 5.75 Å². The van der Waals surface area contributed by atoms with Crippen molar-refractivity contribution in [2.24, 2.45) is 11.3 Å². The van der Waals surface area contributed by atoms with Gasteiger partial charge in [-0.3, -0.25) is 4.79 Å². The normalized spacial score (nSPS) is 23.8. The highest BCUT2D eigenvalue weighted by Crippen LogP contribution is 2.52. The van der Waals surface area contributed by atoms with E-state index in [0.29, 0.717) is 22.9 Å². The zero-order valence-electron chi connectivity index (χ0n) is 21.7. The van der Waals surface area contributed by atoms with E-state index in [-0.39, 0.29) is 29.5 Å². The Kier molecular flexibility index (Phi) is 9.01. The molecule has 0 N–H and O–H groups in total. The summed E-state index contributed by atoms with van der Waals surface area (Å²) in [6, 6.07) is 14.4. The maximum atomic E-state index is 14.4. The molecule has 36 heavy (non-hydrogen) atoms. The summed E-state index contributed by atoms with van der Waals surface area (Å²) in [6.45, 7) is 13.2. The average Bonchev–Trinajstić information content (AvgIpc) is 2.80. The van der Waals surface area contributed by atoms with Crippen LogP contribution in [0.5, 0.6) is 0 Å². The lowest BCUT2D eigenvalue weighted by Gasteiger charge is -2.53. The SMILES string of the molecule is C=CCC1(C)CC(c2cccc(Cl)c2)C(c2ccc(Cl)cc2)N(C(CS(=O)(=O)C(C)C)C(C)C)C1=O. The number of carbonyl (C=O) groups is 1. The summed E-state index contributed by atoms with van der Waals surface area (Å²) >= 11 is 12.6. The van der Waals surface area contributed by atoms with Gasteiger partial charge in [-0.05, 0) is 68.0 Å². The van der Waals surface area contributed by atoms with Crippen LogP contribution in [0.15, 0.2) is 61.2 Å². The summed E-state index contributed by atoms with van der Waals surface area (Å²) in [6.07, 6.45) is 2.86. The number of hydrogen-bond acceptors (Lipinski definition) is 3. The summed E-state index contributed by atoms with van der Waals surface area (Å²) < 4.78 is 26.4. The van der Waals surface area contributed by atoms with Crippen molar-refractivity contribution < 1.29 is 13.2 Å². The molecule has 4 nitrogen and oxygen atoms in total. The van der Waals surface area contributed by atoms with Crippen LogP contribution >= 0.6 is 23.2 Å². The molecule has 1 aliphatic heterocycles. The molecular weight excluding hydrogens is 513 g/mol. The van der Waals surface area contributed by atoms with E-state index in [9.17, 15) is 13.2 Å². The van der Waals surface area contributed by atoms with Crippen LogP contribution in [0.1, 0.15) is 70.5 Å². The number of rotatable bonds is 9. The summed E-state index contributed by atoms with van der Waals surface area (Å²) in [5, 5.41) is 0.695. The molecule has 1 heterocycles. The molecule has 196 valence electrons. The van der Waals surface area contributed by atoms with E-state index >= 15 is 0 Å². The van der Waals surface area contributed by atoms with Gasteiger partial charge in [-0.25, -0.2) is 8.42 Å². The maximum absolute atomic E-state index is 14.4. The quantitative estimate of drug-likeness (QED) is 0.304. The highest BCUT2D eigenvalue weighted by atomic mass is 35.5. The molecule has 0 aliphatic carbocycles. The largest absolute Gasteiger partial charge is 0.330 e. The van der Waals surface area contributed by atoms with Gasteiger partial charge in [-0.15, -0.1) is 6.58 Å². The third-order valence-electron chi connectivity index (χ3n) is 7.43. The van der Waals surface area contributed by atoms with Gasteiger partial charge >= 0.3 is 0 Å². The van der Waals surface area contributed by atoms with Crippen LogP contribution in [0.4, 0.5) is 0 Å². The smallest absolute Gasteiger partial charge is 0.229 e. The Morgan fingerprint density at radius 3 is 2.22 bits per heavy atom. The van der Waals surface area contributed by atoms with Crippen LogP contribution in [0.2, 0.25) is 10.0 Å². The Morgan fingerprint density at radius 2 is 1.69 bits per heavy atom. The number of hydrogen-bond donors (Lipinski definition) is 0. The van der Waals surface area contributed by atoms with Crippen LogP contribution in [0.3, 0.4) is 0 Å².